The molecule has 2 aliphatic rings. The number of nitrogens with zero attached hydrogens (tertiary/aromatic N) is 3. The van der Waals surface area contributed by atoms with Crippen molar-refractivity contribution in [1.82, 2.24) is 15.3 Å². The van der Waals surface area contributed by atoms with E-state index in [1.54, 1.807) is 0 Å². The number of hydrogen-bond acceptors (Lipinski definition) is 4. The number of aryl methyl sites for hydroxylation is 1. The monoisotopic (exact) mass is 319 g/mol. The van der Waals surface area contributed by atoms with Crippen LogP contribution >= 0.6 is 12.2 Å². The highest BCUT2D eigenvalue weighted by atomic mass is 32.1. The lowest BCUT2D eigenvalue weighted by Crippen LogP contribution is -2.39. The number of hydrogen-bond donors (Lipinski definition) is 2. The normalized spacial score (nSPS) is 25.0. The molecule has 0 aromatic carbocycles. The lowest BCUT2D eigenvalue weighted by molar-refractivity contribution is 0.355. The molecule has 1 aliphatic carbocycles. The number of nitrogens with one attached hydrogen (secondary N) is 2. The molecule has 1 saturated carbocycles. The molecule has 2 atom stereocenters. The molecular formula is C16H25N5S. The predicted molar refractivity (Wildman–Crippen MR) is 94.3 cm³/mol. The molecule has 1 aromatic rings. The molecule has 5 nitrogen and oxygen atoms in total. The summed E-state index contributed by atoms with van der Waals surface area (Å²) in [7, 11) is 0. The minimum atomic E-state index is 0.535. The van der Waals surface area contributed by atoms with Crippen LogP contribution in [0.1, 0.15) is 38.8 Å². The van der Waals surface area contributed by atoms with Crippen molar-refractivity contribution in [3.63, 3.8) is 0 Å². The van der Waals surface area contributed by atoms with Crippen LogP contribution in [0.25, 0.3) is 0 Å². The number of rotatable bonds is 3. The summed E-state index contributed by atoms with van der Waals surface area (Å²) in [5, 5.41) is 7.01. The van der Waals surface area contributed by atoms with Crippen molar-refractivity contribution < 1.29 is 0 Å². The van der Waals surface area contributed by atoms with Gasteiger partial charge < -0.3 is 15.5 Å². The zero-order chi connectivity index (χ0) is 15.7. The van der Waals surface area contributed by atoms with Crippen molar-refractivity contribution in [2.45, 2.75) is 46.1 Å². The first-order chi connectivity index (χ1) is 10.5. The minimum absolute atomic E-state index is 0.535. The van der Waals surface area contributed by atoms with Crippen molar-refractivity contribution >= 4 is 29.1 Å². The van der Waals surface area contributed by atoms with Crippen LogP contribution in [0, 0.1) is 18.8 Å². The Kier molecular flexibility index (Phi) is 4.47. The van der Waals surface area contributed by atoms with Gasteiger partial charge in [-0.25, -0.2) is 4.98 Å². The van der Waals surface area contributed by atoms with Gasteiger partial charge in [-0.1, -0.05) is 13.8 Å². The third-order valence-electron chi connectivity index (χ3n) is 4.17. The molecule has 120 valence electrons. The molecule has 0 radical (unpaired) electrons. The maximum atomic E-state index is 5.32. The van der Waals surface area contributed by atoms with Gasteiger partial charge in [0.2, 0.25) is 5.95 Å². The van der Waals surface area contributed by atoms with E-state index < -0.39 is 0 Å². The number of aromatic nitrogens is 2. The summed E-state index contributed by atoms with van der Waals surface area (Å²) < 4.78 is 0. The fourth-order valence-corrected chi connectivity index (χ4v) is 3.43. The summed E-state index contributed by atoms with van der Waals surface area (Å²) >= 11 is 5.32. The molecule has 22 heavy (non-hydrogen) atoms. The zero-order valence-electron chi connectivity index (χ0n) is 13.6. The molecule has 0 bridgehead atoms. The third-order valence-corrected chi connectivity index (χ3v) is 4.39. The van der Waals surface area contributed by atoms with Gasteiger partial charge >= 0.3 is 0 Å². The maximum Gasteiger partial charge on any atom is 0.231 e. The van der Waals surface area contributed by atoms with Crippen LogP contribution < -0.4 is 15.5 Å². The molecule has 2 fully saturated rings. The lowest BCUT2D eigenvalue weighted by atomic mass is 9.92. The van der Waals surface area contributed by atoms with E-state index in [4.69, 9.17) is 12.2 Å². The van der Waals surface area contributed by atoms with Crippen LogP contribution in [0.3, 0.4) is 0 Å². The molecular weight excluding hydrogens is 294 g/mol. The smallest absolute Gasteiger partial charge is 0.231 e. The minimum Gasteiger partial charge on any atom is -0.360 e. The fraction of sp³-hybridized carbons (Fsp3) is 0.688. The van der Waals surface area contributed by atoms with Gasteiger partial charge in [-0.15, -0.1) is 0 Å². The number of thiocarbonyl (C=S) groups is 1. The Hall–Kier alpha value is -1.43. The van der Waals surface area contributed by atoms with Gasteiger partial charge in [-0.05, 0) is 50.2 Å². The SMILES string of the molecule is Cc1cc(N2C[C@@H](C)C[C@H](C)C2)nc(NC(=S)NC2CC2)n1. The highest BCUT2D eigenvalue weighted by molar-refractivity contribution is 7.80. The molecule has 2 N–H and O–H groups in total. The van der Waals surface area contributed by atoms with Crippen LogP contribution in [-0.4, -0.2) is 34.2 Å². The largest absolute Gasteiger partial charge is 0.360 e. The fourth-order valence-electron chi connectivity index (χ4n) is 3.17. The Morgan fingerprint density at radius 1 is 1.23 bits per heavy atom. The predicted octanol–water partition coefficient (Wildman–Crippen LogP) is 2.72. The van der Waals surface area contributed by atoms with Crippen LogP contribution in [0.4, 0.5) is 11.8 Å². The summed E-state index contributed by atoms with van der Waals surface area (Å²) in [4.78, 5) is 11.5. The summed E-state index contributed by atoms with van der Waals surface area (Å²) in [6.45, 7) is 8.75. The topological polar surface area (TPSA) is 53.1 Å². The van der Waals surface area contributed by atoms with E-state index in [1.807, 2.05) is 6.92 Å². The van der Waals surface area contributed by atoms with E-state index in [2.05, 4.69) is 45.4 Å². The van der Waals surface area contributed by atoms with Crippen molar-refractivity contribution in [3.8, 4) is 0 Å². The van der Waals surface area contributed by atoms with Crippen LogP contribution in [-0.2, 0) is 0 Å². The number of piperidine rings is 1. The van der Waals surface area contributed by atoms with Crippen LogP contribution in [0.5, 0.6) is 0 Å². The van der Waals surface area contributed by atoms with Crippen molar-refractivity contribution in [3.05, 3.63) is 11.8 Å². The second-order valence-corrected chi connectivity index (χ2v) is 7.32. The van der Waals surface area contributed by atoms with E-state index >= 15 is 0 Å². The highest BCUT2D eigenvalue weighted by Crippen LogP contribution is 2.26. The van der Waals surface area contributed by atoms with Crippen molar-refractivity contribution in [1.29, 1.82) is 0 Å². The Balaban J connectivity index is 1.72. The second-order valence-electron chi connectivity index (χ2n) is 6.91. The standard InChI is InChI=1S/C16H25N5S/c1-10-6-11(2)9-21(8-10)14-7-12(3)17-15(19-14)20-16(22)18-13-4-5-13/h7,10-11,13H,4-6,8-9H2,1-3H3,(H2,17,18,19,20,22)/t10-,11-/m0/s1. The Labute approximate surface area is 137 Å². The highest BCUT2D eigenvalue weighted by Gasteiger charge is 2.24. The van der Waals surface area contributed by atoms with E-state index in [0.717, 1.165) is 24.6 Å². The number of anilines is 2. The first kappa shape index (κ1) is 15.5. The maximum absolute atomic E-state index is 5.32. The van der Waals surface area contributed by atoms with E-state index in [-0.39, 0.29) is 0 Å². The van der Waals surface area contributed by atoms with Gasteiger partial charge in [0.25, 0.3) is 0 Å². The van der Waals surface area contributed by atoms with Crippen LogP contribution in [0.2, 0.25) is 0 Å². The van der Waals surface area contributed by atoms with Crippen molar-refractivity contribution in [2.24, 2.45) is 11.8 Å². The first-order valence-corrected chi connectivity index (χ1v) is 8.58. The Morgan fingerprint density at radius 3 is 2.55 bits per heavy atom. The zero-order valence-corrected chi connectivity index (χ0v) is 14.4. The second kappa shape index (κ2) is 6.36. The molecule has 2 heterocycles. The average molecular weight is 319 g/mol. The summed E-state index contributed by atoms with van der Waals surface area (Å²) in [6, 6.07) is 2.60. The quantitative estimate of drug-likeness (QED) is 0.836. The van der Waals surface area contributed by atoms with Gasteiger partial charge in [0.1, 0.15) is 5.82 Å². The van der Waals surface area contributed by atoms with Gasteiger partial charge in [-0.2, -0.15) is 4.98 Å². The summed E-state index contributed by atoms with van der Waals surface area (Å²) in [5.74, 6) is 3.00. The van der Waals surface area contributed by atoms with Gasteiger partial charge in [-0.3, -0.25) is 0 Å². The molecule has 1 aromatic heterocycles. The molecule has 0 spiro atoms. The van der Waals surface area contributed by atoms with Gasteiger partial charge in [0, 0.05) is 30.9 Å². The molecule has 0 unspecified atom stereocenters. The Morgan fingerprint density at radius 2 is 1.91 bits per heavy atom. The first-order valence-electron chi connectivity index (χ1n) is 8.17. The van der Waals surface area contributed by atoms with Gasteiger partial charge in [0.05, 0.1) is 0 Å². The van der Waals surface area contributed by atoms with Gasteiger partial charge in [0.15, 0.2) is 5.11 Å². The lowest BCUT2D eigenvalue weighted by Gasteiger charge is -2.36. The van der Waals surface area contributed by atoms with Crippen molar-refractivity contribution in [2.75, 3.05) is 23.3 Å². The van der Waals surface area contributed by atoms with E-state index in [1.165, 1.54) is 19.3 Å². The average Bonchev–Trinajstić information content (AvgIpc) is 3.20. The molecule has 3 rings (SSSR count). The van der Waals surface area contributed by atoms with Crippen LogP contribution in [0.15, 0.2) is 6.07 Å². The summed E-state index contributed by atoms with van der Waals surface area (Å²) in [6.07, 6.45) is 3.69. The van der Waals surface area contributed by atoms with E-state index in [9.17, 15) is 0 Å². The van der Waals surface area contributed by atoms with E-state index in [0.29, 0.717) is 28.9 Å². The molecule has 1 saturated heterocycles. The summed E-state index contributed by atoms with van der Waals surface area (Å²) in [5.41, 5.74) is 0.965. The molecule has 0 amide bonds. The Bertz CT molecular complexity index is 547. The molecule has 6 heteroatoms. The molecule has 1 aliphatic heterocycles. The third kappa shape index (κ3) is 4.06.